The Hall–Kier alpha value is 0.925. The smallest absolute Gasteiger partial charge is 0.0873 e. The molecule has 0 spiro atoms. The Morgan fingerprint density at radius 3 is 0.962 bits per heavy atom. The zero-order valence-corrected chi connectivity index (χ0v) is 20.8. The van der Waals surface area contributed by atoms with Crippen molar-refractivity contribution >= 4 is 23.7 Å². The third-order valence-electron chi connectivity index (χ3n) is 5.74. The van der Waals surface area contributed by atoms with Crippen molar-refractivity contribution in [2.75, 3.05) is 24.6 Å². The van der Waals surface area contributed by atoms with Gasteiger partial charge in [-0.05, 0) is 55.1 Å². The van der Waals surface area contributed by atoms with Gasteiger partial charge in [-0.2, -0.15) is 0 Å². The van der Waals surface area contributed by atoms with E-state index in [4.69, 9.17) is 7.85 Å². The lowest BCUT2D eigenvalue weighted by molar-refractivity contribution is 0.748. The Labute approximate surface area is 171 Å². The van der Waals surface area contributed by atoms with E-state index in [0.29, 0.717) is 0 Å². The molecule has 2 radical (unpaired) electrons. The Morgan fingerprint density at radius 1 is 0.500 bits per heavy atom. The highest BCUT2D eigenvalue weighted by atomic mass is 31.2. The highest BCUT2D eigenvalue weighted by Gasteiger charge is 2.37. The largest absolute Gasteiger partial charge is 0.105 e. The van der Waals surface area contributed by atoms with Gasteiger partial charge in [0.25, 0.3) is 0 Å². The van der Waals surface area contributed by atoms with Crippen LogP contribution in [0.5, 0.6) is 0 Å². The third kappa shape index (κ3) is 11.1. The monoisotopic (exact) mass is 398 g/mol. The fourth-order valence-corrected chi connectivity index (χ4v) is 12.0. The van der Waals surface area contributed by atoms with Crippen LogP contribution in [0.3, 0.4) is 0 Å². The number of rotatable bonds is 19. The fraction of sp³-hybridized carbons (Fsp3) is 1.00. The summed E-state index contributed by atoms with van der Waals surface area (Å²) in [5.74, 6) is 0. The van der Waals surface area contributed by atoms with Crippen molar-refractivity contribution in [3.63, 3.8) is 0 Å². The topological polar surface area (TPSA) is 0 Å². The molecular weight excluding hydrogens is 349 g/mol. The molecule has 0 saturated heterocycles. The van der Waals surface area contributed by atoms with Gasteiger partial charge in [-0.1, -0.05) is 92.4 Å². The van der Waals surface area contributed by atoms with Gasteiger partial charge < -0.3 is 0 Å². The molecular formula is C23H49BP2. The van der Waals surface area contributed by atoms with E-state index in [9.17, 15) is 0 Å². The summed E-state index contributed by atoms with van der Waals surface area (Å²) in [7, 11) is 7.36. The van der Waals surface area contributed by atoms with Crippen LogP contribution < -0.4 is 0 Å². The zero-order valence-electron chi connectivity index (χ0n) is 19.0. The van der Waals surface area contributed by atoms with Gasteiger partial charge in [0.1, 0.15) is 0 Å². The Balaban J connectivity index is 5.15. The van der Waals surface area contributed by atoms with Crippen molar-refractivity contribution in [3.05, 3.63) is 0 Å². The molecule has 0 fully saturated rings. The van der Waals surface area contributed by atoms with Crippen molar-refractivity contribution in [3.8, 4) is 0 Å². The van der Waals surface area contributed by atoms with Crippen LogP contribution in [0.1, 0.15) is 118 Å². The van der Waals surface area contributed by atoms with Gasteiger partial charge in [0.05, 0.1) is 7.85 Å². The van der Waals surface area contributed by atoms with Crippen molar-refractivity contribution in [1.29, 1.82) is 0 Å². The van der Waals surface area contributed by atoms with Crippen molar-refractivity contribution in [2.24, 2.45) is 0 Å². The predicted molar refractivity (Wildman–Crippen MR) is 130 cm³/mol. The minimum atomic E-state index is -0.00387. The Bertz CT molecular complexity index is 252. The molecule has 0 heterocycles. The van der Waals surface area contributed by atoms with Crippen molar-refractivity contribution in [1.82, 2.24) is 0 Å². The lowest BCUT2D eigenvalue weighted by atomic mass is 10.0. The van der Waals surface area contributed by atoms with Crippen LogP contribution in [0, 0.1) is 0 Å². The lowest BCUT2D eigenvalue weighted by Crippen LogP contribution is -2.29. The predicted octanol–water partition coefficient (Wildman–Crippen LogP) is 8.94. The van der Waals surface area contributed by atoms with E-state index in [1.807, 2.05) is 0 Å². The second kappa shape index (κ2) is 18.0. The number of hydrogen-bond donors (Lipinski definition) is 0. The first-order valence-electron chi connectivity index (χ1n) is 11.9. The summed E-state index contributed by atoms with van der Waals surface area (Å²) in [4.78, 5) is 0.202. The maximum Gasteiger partial charge on any atom is 0.0873 e. The van der Waals surface area contributed by atoms with Gasteiger partial charge in [-0.25, -0.2) is 0 Å². The summed E-state index contributed by atoms with van der Waals surface area (Å²) in [6, 6.07) is 0. The van der Waals surface area contributed by atoms with Crippen molar-refractivity contribution < 1.29 is 0 Å². The van der Waals surface area contributed by atoms with Crippen LogP contribution in [0.25, 0.3) is 0 Å². The summed E-state index contributed by atoms with van der Waals surface area (Å²) in [6.45, 7) is 11.7. The van der Waals surface area contributed by atoms with Crippen LogP contribution in [0.15, 0.2) is 0 Å². The van der Waals surface area contributed by atoms with Crippen LogP contribution in [-0.4, -0.2) is 37.3 Å². The highest BCUT2D eigenvalue weighted by Crippen LogP contribution is 2.68. The van der Waals surface area contributed by atoms with Crippen LogP contribution in [-0.2, 0) is 0 Å². The minimum Gasteiger partial charge on any atom is -0.105 e. The summed E-state index contributed by atoms with van der Waals surface area (Å²) in [6.07, 6.45) is 23.6. The molecule has 0 N–H and O–H groups in total. The molecule has 0 aromatic carbocycles. The molecule has 26 heavy (non-hydrogen) atoms. The van der Waals surface area contributed by atoms with Gasteiger partial charge in [0.15, 0.2) is 0 Å². The first-order chi connectivity index (χ1) is 12.6. The lowest BCUT2D eigenvalue weighted by Gasteiger charge is -2.46. The standard InChI is InChI=1S/C23H49BP2/c1-6-11-15-19-25(20-16-12-7-2)23(24,10-5)26(21-17-13-8-3)22-18-14-9-4/h6-22H2,1-5H3. The molecule has 0 saturated carbocycles. The van der Waals surface area contributed by atoms with Gasteiger partial charge in [0, 0.05) is 0 Å². The molecule has 0 bridgehead atoms. The van der Waals surface area contributed by atoms with E-state index in [1.165, 1.54) is 108 Å². The Morgan fingerprint density at radius 2 is 0.769 bits per heavy atom. The molecule has 0 nitrogen and oxygen atoms in total. The molecule has 0 atom stereocenters. The molecule has 0 amide bonds. The van der Waals surface area contributed by atoms with E-state index >= 15 is 0 Å². The molecule has 154 valence electrons. The number of hydrogen-bond acceptors (Lipinski definition) is 0. The molecule has 0 aliphatic heterocycles. The van der Waals surface area contributed by atoms with Crippen molar-refractivity contribution in [2.45, 2.75) is 123 Å². The van der Waals surface area contributed by atoms with Crippen LogP contribution >= 0.6 is 15.8 Å². The van der Waals surface area contributed by atoms with E-state index in [2.05, 4.69) is 34.6 Å². The summed E-state index contributed by atoms with van der Waals surface area (Å²) in [5.41, 5.74) is 0. The first kappa shape index (κ1) is 26.9. The first-order valence-corrected chi connectivity index (χ1v) is 15.3. The maximum atomic E-state index is 7.37. The zero-order chi connectivity index (χ0) is 19.7. The maximum absolute atomic E-state index is 7.37. The average Bonchev–Trinajstić information content (AvgIpc) is 2.65. The summed E-state index contributed by atoms with van der Waals surface area (Å²) < 4.78 is 0. The molecule has 0 aliphatic carbocycles. The minimum absolute atomic E-state index is 0.00387. The third-order valence-corrected chi connectivity index (χ3v) is 13.7. The normalized spacial score (nSPS) is 12.4. The summed E-state index contributed by atoms with van der Waals surface area (Å²) in [5, 5.41) is 0. The quantitative estimate of drug-likeness (QED) is 0.116. The van der Waals surface area contributed by atoms with Gasteiger partial charge in [0.2, 0.25) is 0 Å². The molecule has 0 aromatic rings. The van der Waals surface area contributed by atoms with Gasteiger partial charge in [-0.15, -0.1) is 15.8 Å². The van der Waals surface area contributed by atoms with Crippen LogP contribution in [0.2, 0.25) is 0 Å². The molecule has 0 aromatic heterocycles. The summed E-state index contributed by atoms with van der Waals surface area (Å²) >= 11 is 0. The van der Waals surface area contributed by atoms with Gasteiger partial charge >= 0.3 is 0 Å². The molecule has 0 unspecified atom stereocenters. The Kier molecular flexibility index (Phi) is 18.6. The van der Waals surface area contributed by atoms with E-state index in [1.54, 1.807) is 0 Å². The highest BCUT2D eigenvalue weighted by molar-refractivity contribution is 7.79. The van der Waals surface area contributed by atoms with E-state index < -0.39 is 0 Å². The molecule has 0 aliphatic rings. The second-order valence-corrected chi connectivity index (χ2v) is 13.9. The molecule has 3 heteroatoms. The van der Waals surface area contributed by atoms with Crippen LogP contribution in [0.4, 0.5) is 0 Å². The van der Waals surface area contributed by atoms with E-state index in [-0.39, 0.29) is 20.6 Å². The van der Waals surface area contributed by atoms with Gasteiger partial charge in [-0.3, -0.25) is 0 Å². The molecule has 0 rings (SSSR count). The second-order valence-electron chi connectivity index (χ2n) is 8.03. The SMILES string of the molecule is [B]C(CC)(P(CCCCC)CCCCC)P(CCCCC)CCCCC. The number of unbranched alkanes of at least 4 members (excludes halogenated alkanes) is 8. The van der Waals surface area contributed by atoms with E-state index in [0.717, 1.165) is 0 Å². The average molecular weight is 398 g/mol. The fourth-order valence-electron chi connectivity index (χ4n) is 3.86.